The number of nitrogens with zero attached hydrogens (tertiary/aromatic N) is 4. The van der Waals surface area contributed by atoms with Gasteiger partial charge in [0.05, 0.1) is 18.6 Å². The zero-order valence-corrected chi connectivity index (χ0v) is 15.3. The van der Waals surface area contributed by atoms with Crippen LogP contribution in [0.5, 0.6) is 0 Å². The Bertz CT molecular complexity index is 718. The number of β-amino-alcohol motifs (C(OH)–C–C–N with tert-alkyl or cyclic N) is 1. The fourth-order valence-corrected chi connectivity index (χ4v) is 3.55. The number of hydrogen-bond donors (Lipinski definition) is 2. The minimum absolute atomic E-state index is 0.110. The van der Waals surface area contributed by atoms with Crippen LogP contribution in [0.15, 0.2) is 36.7 Å². The molecule has 3 rings (SSSR count). The molecule has 0 spiro atoms. The molecule has 0 radical (unpaired) electrons. The standard InChI is InChI=1S/C19H27N5O2/c1-2-24-15-21-22-17(24)12-20-18(25)11-19(26)9-6-10-23(14-19)13-16-7-4-3-5-8-16/h3-5,7-8,15,26H,2,6,9-14H2,1H3,(H,20,25). The third-order valence-corrected chi connectivity index (χ3v) is 4.85. The van der Waals surface area contributed by atoms with Crippen LogP contribution in [0.2, 0.25) is 0 Å². The number of amides is 1. The average molecular weight is 357 g/mol. The summed E-state index contributed by atoms with van der Waals surface area (Å²) in [5.74, 6) is 0.571. The number of likely N-dealkylation sites (tertiary alicyclic amines) is 1. The van der Waals surface area contributed by atoms with E-state index >= 15 is 0 Å². The molecule has 140 valence electrons. The van der Waals surface area contributed by atoms with Crippen molar-refractivity contribution in [1.82, 2.24) is 25.0 Å². The second-order valence-electron chi connectivity index (χ2n) is 7.01. The van der Waals surface area contributed by atoms with E-state index in [0.29, 0.717) is 19.5 Å². The van der Waals surface area contributed by atoms with Crippen LogP contribution in [0, 0.1) is 0 Å². The number of aliphatic hydroxyl groups is 1. The zero-order chi connectivity index (χ0) is 18.4. The molecule has 7 heteroatoms. The first-order valence-corrected chi connectivity index (χ1v) is 9.20. The van der Waals surface area contributed by atoms with Crippen molar-refractivity contribution in [3.63, 3.8) is 0 Å². The van der Waals surface area contributed by atoms with Crippen molar-refractivity contribution in [1.29, 1.82) is 0 Å². The van der Waals surface area contributed by atoms with Gasteiger partial charge >= 0.3 is 0 Å². The number of aromatic nitrogens is 3. The molecule has 2 heterocycles. The lowest BCUT2D eigenvalue weighted by molar-refractivity contribution is -0.129. The van der Waals surface area contributed by atoms with Crippen LogP contribution in [-0.4, -0.2) is 49.4 Å². The van der Waals surface area contributed by atoms with Crippen molar-refractivity contribution in [3.05, 3.63) is 48.0 Å². The van der Waals surface area contributed by atoms with Crippen LogP contribution >= 0.6 is 0 Å². The lowest BCUT2D eigenvalue weighted by Crippen LogP contribution is -2.50. The maximum atomic E-state index is 12.3. The molecule has 1 unspecified atom stereocenters. The van der Waals surface area contributed by atoms with Gasteiger partial charge in [0.1, 0.15) is 6.33 Å². The Kier molecular flexibility index (Phi) is 6.00. The molecule has 1 saturated heterocycles. The smallest absolute Gasteiger partial charge is 0.223 e. The van der Waals surface area contributed by atoms with Gasteiger partial charge in [0.15, 0.2) is 5.82 Å². The number of aryl methyl sites for hydroxylation is 1. The van der Waals surface area contributed by atoms with Crippen molar-refractivity contribution in [2.75, 3.05) is 13.1 Å². The van der Waals surface area contributed by atoms with E-state index in [2.05, 4.69) is 32.5 Å². The molecule has 0 bridgehead atoms. The van der Waals surface area contributed by atoms with Gasteiger partial charge in [-0.1, -0.05) is 30.3 Å². The van der Waals surface area contributed by atoms with Crippen molar-refractivity contribution >= 4 is 5.91 Å². The summed E-state index contributed by atoms with van der Waals surface area (Å²) in [6.45, 7) is 5.34. The highest BCUT2D eigenvalue weighted by Gasteiger charge is 2.35. The summed E-state index contributed by atoms with van der Waals surface area (Å²) in [5.41, 5.74) is 0.246. The van der Waals surface area contributed by atoms with E-state index in [9.17, 15) is 9.90 Å². The minimum atomic E-state index is -0.977. The number of nitrogens with one attached hydrogen (secondary N) is 1. The largest absolute Gasteiger partial charge is 0.388 e. The molecule has 0 saturated carbocycles. The Balaban J connectivity index is 1.51. The molecule has 1 fully saturated rings. The molecule has 7 nitrogen and oxygen atoms in total. The summed E-state index contributed by atoms with van der Waals surface area (Å²) in [4.78, 5) is 14.6. The normalized spacial score (nSPS) is 20.8. The number of carbonyl (C=O) groups excluding carboxylic acids is 1. The minimum Gasteiger partial charge on any atom is -0.388 e. The Morgan fingerprint density at radius 2 is 2.15 bits per heavy atom. The van der Waals surface area contributed by atoms with E-state index in [0.717, 1.165) is 31.9 Å². The van der Waals surface area contributed by atoms with Gasteiger partial charge in [-0.3, -0.25) is 9.69 Å². The maximum Gasteiger partial charge on any atom is 0.223 e. The van der Waals surface area contributed by atoms with Crippen LogP contribution < -0.4 is 5.32 Å². The average Bonchev–Trinajstić information content (AvgIpc) is 3.08. The Morgan fingerprint density at radius 3 is 2.92 bits per heavy atom. The van der Waals surface area contributed by atoms with Crippen molar-refractivity contribution < 1.29 is 9.90 Å². The summed E-state index contributed by atoms with van der Waals surface area (Å²) in [6, 6.07) is 10.2. The molecule has 1 aliphatic heterocycles. The van der Waals surface area contributed by atoms with E-state index < -0.39 is 5.60 Å². The van der Waals surface area contributed by atoms with Crippen LogP contribution in [0.3, 0.4) is 0 Å². The van der Waals surface area contributed by atoms with Crippen LogP contribution in [0.1, 0.15) is 37.6 Å². The molecular weight excluding hydrogens is 330 g/mol. The molecule has 1 amide bonds. The molecule has 0 aliphatic carbocycles. The summed E-state index contributed by atoms with van der Waals surface area (Å²) >= 11 is 0. The quantitative estimate of drug-likeness (QED) is 0.781. The number of benzene rings is 1. The second-order valence-corrected chi connectivity index (χ2v) is 7.01. The highest BCUT2D eigenvalue weighted by atomic mass is 16.3. The van der Waals surface area contributed by atoms with Crippen molar-refractivity contribution in [3.8, 4) is 0 Å². The van der Waals surface area contributed by atoms with Gasteiger partial charge in [0.2, 0.25) is 5.91 Å². The van der Waals surface area contributed by atoms with Crippen LogP contribution in [0.25, 0.3) is 0 Å². The van der Waals surface area contributed by atoms with E-state index in [1.807, 2.05) is 29.7 Å². The first kappa shape index (κ1) is 18.5. The molecular formula is C19H27N5O2. The number of hydrogen-bond acceptors (Lipinski definition) is 5. The lowest BCUT2D eigenvalue weighted by Gasteiger charge is -2.39. The summed E-state index contributed by atoms with van der Waals surface area (Å²) in [7, 11) is 0. The highest BCUT2D eigenvalue weighted by Crippen LogP contribution is 2.25. The SMILES string of the molecule is CCn1cnnc1CNC(=O)CC1(O)CCCN(Cc2ccccc2)C1. The van der Waals surface area contributed by atoms with E-state index in [1.165, 1.54) is 5.56 Å². The fourth-order valence-electron chi connectivity index (χ4n) is 3.55. The maximum absolute atomic E-state index is 12.3. The first-order valence-electron chi connectivity index (χ1n) is 9.20. The Morgan fingerprint density at radius 1 is 1.35 bits per heavy atom. The van der Waals surface area contributed by atoms with Crippen molar-refractivity contribution in [2.24, 2.45) is 0 Å². The molecule has 1 aromatic heterocycles. The third-order valence-electron chi connectivity index (χ3n) is 4.85. The van der Waals surface area contributed by atoms with Gasteiger partial charge in [-0.25, -0.2) is 0 Å². The second kappa shape index (κ2) is 8.42. The highest BCUT2D eigenvalue weighted by molar-refractivity contribution is 5.77. The van der Waals surface area contributed by atoms with Gasteiger partial charge in [-0.15, -0.1) is 10.2 Å². The van der Waals surface area contributed by atoms with E-state index in [1.54, 1.807) is 6.33 Å². The Labute approximate surface area is 154 Å². The molecule has 2 aromatic rings. The van der Waals surface area contributed by atoms with Crippen LogP contribution in [0.4, 0.5) is 0 Å². The Hall–Kier alpha value is -2.25. The zero-order valence-electron chi connectivity index (χ0n) is 15.3. The van der Waals surface area contributed by atoms with Gasteiger partial charge in [-0.05, 0) is 31.9 Å². The van der Waals surface area contributed by atoms with Gasteiger partial charge < -0.3 is 15.0 Å². The predicted molar refractivity (Wildman–Crippen MR) is 98.1 cm³/mol. The fraction of sp³-hybridized carbons (Fsp3) is 0.526. The lowest BCUT2D eigenvalue weighted by atomic mass is 9.89. The van der Waals surface area contributed by atoms with E-state index in [4.69, 9.17) is 0 Å². The molecule has 1 atom stereocenters. The summed E-state index contributed by atoms with van der Waals surface area (Å²) in [5, 5.41) is 21.6. The molecule has 1 aliphatic rings. The topological polar surface area (TPSA) is 83.3 Å². The number of carbonyl (C=O) groups is 1. The van der Waals surface area contributed by atoms with Gasteiger partial charge in [0, 0.05) is 19.6 Å². The molecule has 1 aromatic carbocycles. The van der Waals surface area contributed by atoms with E-state index in [-0.39, 0.29) is 12.3 Å². The predicted octanol–water partition coefficient (Wildman–Crippen LogP) is 1.33. The third kappa shape index (κ3) is 4.89. The molecule has 26 heavy (non-hydrogen) atoms. The van der Waals surface area contributed by atoms with Gasteiger partial charge in [-0.2, -0.15) is 0 Å². The summed E-state index contributed by atoms with van der Waals surface area (Å²) in [6.07, 6.45) is 3.30. The first-order chi connectivity index (χ1) is 12.6. The van der Waals surface area contributed by atoms with Crippen molar-refractivity contribution in [2.45, 2.75) is 51.4 Å². The monoisotopic (exact) mass is 357 g/mol. The summed E-state index contributed by atoms with van der Waals surface area (Å²) < 4.78 is 1.89. The van der Waals surface area contributed by atoms with Crippen LogP contribution in [-0.2, 0) is 24.4 Å². The van der Waals surface area contributed by atoms with Gasteiger partial charge in [0.25, 0.3) is 0 Å². The number of rotatable bonds is 7. The molecule has 2 N–H and O–H groups in total. The number of piperidine rings is 1.